The maximum Gasteiger partial charge on any atom is 0.537 e. The molecule has 0 aromatic carbocycles. The van der Waals surface area contributed by atoms with Gasteiger partial charge in [-0.15, -0.1) is 0 Å². The normalized spacial score (nSPS) is 19.4. The van der Waals surface area contributed by atoms with Crippen LogP contribution in [0.4, 0.5) is 0 Å². The molecule has 0 spiro atoms. The highest BCUT2D eigenvalue weighted by atomic mass is 31.2. The average molecular weight is 494 g/mol. The summed E-state index contributed by atoms with van der Waals surface area (Å²) in [5.74, 6) is -3.98. The van der Waals surface area contributed by atoms with Crippen molar-refractivity contribution < 1.29 is 55.9 Å². The van der Waals surface area contributed by atoms with E-state index in [1.54, 1.807) is 0 Å². The van der Waals surface area contributed by atoms with Crippen LogP contribution < -0.4 is 0 Å². The minimum Gasteiger partial charge on any atom is -0.375 e. The summed E-state index contributed by atoms with van der Waals surface area (Å²) in [4.78, 5) is 70.2. The average Bonchev–Trinajstić information content (AvgIpc) is 2.83. The van der Waals surface area contributed by atoms with E-state index in [0.29, 0.717) is 25.7 Å². The van der Waals surface area contributed by atoms with Gasteiger partial charge >= 0.3 is 53.0 Å². The summed E-state index contributed by atoms with van der Waals surface area (Å²) in [5, 5.41) is 0. The highest BCUT2D eigenvalue weighted by Crippen LogP contribution is 2.43. The van der Waals surface area contributed by atoms with Gasteiger partial charge in [-0.25, -0.2) is 0 Å². The largest absolute Gasteiger partial charge is 0.537 e. The van der Waals surface area contributed by atoms with E-state index in [9.17, 15) is 28.8 Å². The van der Waals surface area contributed by atoms with Crippen LogP contribution in [-0.2, 0) is 55.9 Å². The third kappa shape index (κ3) is 10.8. The molecule has 0 atom stereocenters. The Hall–Kier alpha value is -2.32. The molecule has 0 aliphatic carbocycles. The number of carbonyl (C=O) groups is 6. The third-order valence-corrected chi connectivity index (χ3v) is 6.21. The summed E-state index contributed by atoms with van der Waals surface area (Å²) < 4.78 is 29.3. The van der Waals surface area contributed by atoms with Crippen LogP contribution in [0.3, 0.4) is 0 Å². The molecule has 0 unspecified atom stereocenters. The molecule has 2 heterocycles. The lowest BCUT2D eigenvalue weighted by molar-refractivity contribution is -0.145. The molecule has 0 aromatic heterocycles. The molecule has 2 aliphatic heterocycles. The zero-order valence-corrected chi connectivity index (χ0v) is 19.1. The van der Waals surface area contributed by atoms with Gasteiger partial charge in [0.25, 0.3) is 0 Å². The van der Waals surface area contributed by atoms with Crippen molar-refractivity contribution in [2.24, 2.45) is 0 Å². The van der Waals surface area contributed by atoms with Crippen LogP contribution >= 0.6 is 17.2 Å². The standard InChI is InChI=1S/C18H24O12P2/c19-13-7-1-2-8-14(20)26-31(25-13)29-17(23)11-5-6-12-18(24)30-32-27-15(21)9-3-4-10-16(22)28-32/h1-12H2. The molecule has 0 saturated carbocycles. The van der Waals surface area contributed by atoms with E-state index in [-0.39, 0.29) is 51.4 Å². The molecule has 0 bridgehead atoms. The summed E-state index contributed by atoms with van der Waals surface area (Å²) in [5.41, 5.74) is 0. The van der Waals surface area contributed by atoms with Gasteiger partial charge < -0.3 is 27.1 Å². The summed E-state index contributed by atoms with van der Waals surface area (Å²) >= 11 is 0. The minimum absolute atomic E-state index is 0.0995. The van der Waals surface area contributed by atoms with Crippen molar-refractivity contribution in [1.29, 1.82) is 0 Å². The second-order valence-corrected chi connectivity index (χ2v) is 8.84. The summed E-state index contributed by atoms with van der Waals surface area (Å²) in [7, 11) is -4.89. The molecule has 0 N–H and O–H groups in total. The maximum atomic E-state index is 11.9. The number of unbranched alkanes of at least 4 members (excludes halogenated alkanes) is 1. The molecule has 178 valence electrons. The summed E-state index contributed by atoms with van der Waals surface area (Å²) in [6, 6.07) is 0. The van der Waals surface area contributed by atoms with Crippen molar-refractivity contribution in [2.45, 2.75) is 77.0 Å². The zero-order valence-electron chi connectivity index (χ0n) is 17.3. The molecule has 0 aromatic rings. The lowest BCUT2D eigenvalue weighted by Gasteiger charge is -2.14. The summed E-state index contributed by atoms with van der Waals surface area (Å²) in [6.07, 6.45) is 2.48. The summed E-state index contributed by atoms with van der Waals surface area (Å²) in [6.45, 7) is 0. The second kappa shape index (κ2) is 14.0. The molecule has 32 heavy (non-hydrogen) atoms. The van der Waals surface area contributed by atoms with Crippen LogP contribution in [0.25, 0.3) is 0 Å². The second-order valence-electron chi connectivity index (χ2n) is 6.85. The van der Waals surface area contributed by atoms with Crippen molar-refractivity contribution in [3.8, 4) is 0 Å². The highest BCUT2D eigenvalue weighted by Gasteiger charge is 2.30. The van der Waals surface area contributed by atoms with Crippen molar-refractivity contribution in [1.82, 2.24) is 0 Å². The van der Waals surface area contributed by atoms with Gasteiger partial charge in [0.15, 0.2) is 0 Å². The van der Waals surface area contributed by atoms with E-state index in [2.05, 4.69) is 0 Å². The first kappa shape index (κ1) is 25.9. The smallest absolute Gasteiger partial charge is 0.375 e. The van der Waals surface area contributed by atoms with Crippen LogP contribution in [0.2, 0.25) is 0 Å². The predicted octanol–water partition coefficient (Wildman–Crippen LogP) is 3.41. The van der Waals surface area contributed by atoms with Crippen molar-refractivity contribution >= 4 is 53.0 Å². The Morgan fingerprint density at radius 2 is 0.875 bits per heavy atom. The third-order valence-electron chi connectivity index (χ3n) is 4.09. The molecule has 0 radical (unpaired) electrons. The van der Waals surface area contributed by atoms with Gasteiger partial charge in [0.05, 0.1) is 0 Å². The zero-order chi connectivity index (χ0) is 23.3. The first-order valence-corrected chi connectivity index (χ1v) is 12.4. The minimum atomic E-state index is -2.45. The van der Waals surface area contributed by atoms with Gasteiger partial charge in [-0.2, -0.15) is 0 Å². The molecule has 2 rings (SSSR count). The lowest BCUT2D eigenvalue weighted by atomic mass is 10.2. The number of rotatable bonds is 7. The fourth-order valence-corrected chi connectivity index (χ4v) is 4.27. The van der Waals surface area contributed by atoms with E-state index in [1.807, 2.05) is 0 Å². The van der Waals surface area contributed by atoms with E-state index in [0.717, 1.165) is 0 Å². The van der Waals surface area contributed by atoms with E-state index in [4.69, 9.17) is 27.1 Å². The Balaban J connectivity index is 1.68. The van der Waals surface area contributed by atoms with E-state index < -0.39 is 53.0 Å². The van der Waals surface area contributed by atoms with Gasteiger partial charge in [-0.1, -0.05) is 0 Å². The fourth-order valence-electron chi connectivity index (χ4n) is 2.50. The highest BCUT2D eigenvalue weighted by molar-refractivity contribution is 7.43. The Bertz CT molecular complexity index is 625. The first-order valence-electron chi connectivity index (χ1n) is 10.2. The first-order chi connectivity index (χ1) is 15.3. The lowest BCUT2D eigenvalue weighted by Crippen LogP contribution is -2.10. The molecule has 0 amide bonds. The molecule has 2 saturated heterocycles. The van der Waals surface area contributed by atoms with Gasteiger partial charge in [0.2, 0.25) is 0 Å². The van der Waals surface area contributed by atoms with Gasteiger partial charge in [-0.3, -0.25) is 28.8 Å². The molecule has 2 fully saturated rings. The van der Waals surface area contributed by atoms with Gasteiger partial charge in [-0.05, 0) is 38.5 Å². The fraction of sp³-hybridized carbons (Fsp3) is 0.667. The quantitative estimate of drug-likeness (QED) is 0.376. The number of hydrogen-bond acceptors (Lipinski definition) is 12. The van der Waals surface area contributed by atoms with E-state index in [1.165, 1.54) is 0 Å². The SMILES string of the molecule is O=C1CCCCC(=O)OP(OC(=O)CCCCC(=O)OP2OC(=O)CCCCC(=O)O2)O1. The van der Waals surface area contributed by atoms with Crippen molar-refractivity contribution in [3.05, 3.63) is 0 Å². The van der Waals surface area contributed by atoms with Crippen LogP contribution in [0.15, 0.2) is 0 Å². The van der Waals surface area contributed by atoms with Crippen LogP contribution in [0.5, 0.6) is 0 Å². The molecule has 12 nitrogen and oxygen atoms in total. The maximum absolute atomic E-state index is 11.9. The van der Waals surface area contributed by atoms with Crippen LogP contribution in [0.1, 0.15) is 77.0 Å². The van der Waals surface area contributed by atoms with Gasteiger partial charge in [0.1, 0.15) is 0 Å². The molecule has 2 aliphatic rings. The van der Waals surface area contributed by atoms with E-state index >= 15 is 0 Å². The molecule has 14 heteroatoms. The number of carbonyl (C=O) groups excluding carboxylic acids is 6. The topological polar surface area (TPSA) is 158 Å². The Morgan fingerprint density at radius 1 is 0.594 bits per heavy atom. The Morgan fingerprint density at radius 3 is 1.16 bits per heavy atom. The van der Waals surface area contributed by atoms with Crippen molar-refractivity contribution in [2.75, 3.05) is 0 Å². The molecular formula is C18H24O12P2. The number of hydrogen-bond donors (Lipinski definition) is 0. The van der Waals surface area contributed by atoms with Crippen LogP contribution in [-0.4, -0.2) is 35.8 Å². The Kier molecular flexibility index (Phi) is 11.3. The van der Waals surface area contributed by atoms with Gasteiger partial charge in [0, 0.05) is 38.5 Å². The predicted molar refractivity (Wildman–Crippen MR) is 106 cm³/mol. The Labute approximate surface area is 186 Å². The van der Waals surface area contributed by atoms with Crippen LogP contribution in [0, 0.1) is 0 Å². The monoisotopic (exact) mass is 494 g/mol. The molecular weight excluding hydrogens is 470 g/mol. The van der Waals surface area contributed by atoms with Crippen molar-refractivity contribution in [3.63, 3.8) is 0 Å².